The minimum absolute atomic E-state index is 0.236. The number of methoxy groups -OCH3 is 2. The zero-order valence-corrected chi connectivity index (χ0v) is 33.2. The lowest BCUT2D eigenvalue weighted by atomic mass is 10.1. The number of ether oxygens (including phenoxy) is 2. The van der Waals surface area contributed by atoms with Crippen LogP contribution in [0.25, 0.3) is 31.2 Å². The summed E-state index contributed by atoms with van der Waals surface area (Å²) in [5.41, 5.74) is 2.87. The van der Waals surface area contributed by atoms with Crippen molar-refractivity contribution in [3.8, 4) is 31.2 Å². The van der Waals surface area contributed by atoms with Gasteiger partial charge in [0.2, 0.25) is 0 Å². The molecular weight excluding hydrogens is 781 g/mol. The minimum atomic E-state index is -0.902. The third-order valence-electron chi connectivity index (χ3n) is 10.3. The van der Waals surface area contributed by atoms with Crippen molar-refractivity contribution in [2.75, 3.05) is 27.3 Å². The third kappa shape index (κ3) is 7.92. The molecule has 18 heteroatoms. The van der Waals surface area contributed by atoms with Crippen molar-refractivity contribution in [2.24, 2.45) is 0 Å². The number of likely N-dealkylation sites (tertiary alicyclic amines) is 2. The second-order valence-electron chi connectivity index (χ2n) is 13.8. The summed E-state index contributed by atoms with van der Waals surface area (Å²) in [6.07, 6.45) is 8.71. The van der Waals surface area contributed by atoms with Crippen molar-refractivity contribution in [1.29, 1.82) is 0 Å². The molecule has 298 valence electrons. The minimum Gasteiger partial charge on any atom is -0.453 e. The number of hydrogen-bond acceptors (Lipinski definition) is 12. The standard InChI is InChI=1S/C40H40N10O6S2/c1-55-39(53)47-31(23-11-5-3-6-12-23)37(51)49-17-9-15-27(49)33-41-19-25(45-33)29-21-43-35(57-29)36-44-22-30(58-36)26-20-42-34(46-26)28-16-10-18-50(28)38(52)32(48-40(54)56-2)24-13-7-4-8-14-24/h3-8,11-14,19-22,27-28,31-32H,9-10,15-18H2,1-2H3,(H,41,45)(H,42,46)(H,47,53)(H,48,54)/t27-,28-,31+,32+/m0/s1. The van der Waals surface area contributed by atoms with Gasteiger partial charge < -0.3 is 39.9 Å². The molecule has 0 aliphatic carbocycles. The first-order valence-corrected chi connectivity index (χ1v) is 20.4. The predicted octanol–water partition coefficient (Wildman–Crippen LogP) is 6.57. The van der Waals surface area contributed by atoms with E-state index in [0.717, 1.165) is 56.8 Å². The molecule has 2 aliphatic rings. The van der Waals surface area contributed by atoms with Gasteiger partial charge in [0.25, 0.3) is 11.8 Å². The lowest BCUT2D eigenvalue weighted by Crippen LogP contribution is -2.42. The molecule has 58 heavy (non-hydrogen) atoms. The summed E-state index contributed by atoms with van der Waals surface area (Å²) in [5.74, 6) is 0.842. The first-order valence-electron chi connectivity index (χ1n) is 18.7. The van der Waals surface area contributed by atoms with Crippen molar-refractivity contribution in [3.05, 3.63) is 108 Å². The van der Waals surface area contributed by atoms with Gasteiger partial charge in [-0.3, -0.25) is 9.59 Å². The summed E-state index contributed by atoms with van der Waals surface area (Å²) in [4.78, 5) is 83.0. The highest BCUT2D eigenvalue weighted by Gasteiger charge is 2.38. The van der Waals surface area contributed by atoms with Gasteiger partial charge in [-0.25, -0.2) is 29.5 Å². The number of benzene rings is 2. The summed E-state index contributed by atoms with van der Waals surface area (Å²) < 4.78 is 9.64. The number of carbonyl (C=O) groups excluding carboxylic acids is 4. The molecule has 4 amide bonds. The number of rotatable bonds is 11. The van der Waals surface area contributed by atoms with Crippen molar-refractivity contribution in [2.45, 2.75) is 49.9 Å². The Morgan fingerprint density at radius 1 is 0.638 bits per heavy atom. The second-order valence-corrected chi connectivity index (χ2v) is 15.8. The van der Waals surface area contributed by atoms with E-state index in [4.69, 9.17) is 9.47 Å². The number of nitrogens with zero attached hydrogens (tertiary/aromatic N) is 6. The van der Waals surface area contributed by atoms with Gasteiger partial charge in [-0.05, 0) is 36.8 Å². The smallest absolute Gasteiger partial charge is 0.407 e. The lowest BCUT2D eigenvalue weighted by molar-refractivity contribution is -0.135. The highest BCUT2D eigenvalue weighted by Crippen LogP contribution is 2.39. The van der Waals surface area contributed by atoms with Crippen LogP contribution in [-0.4, -0.2) is 91.0 Å². The molecule has 0 bridgehead atoms. The fraction of sp³-hybridized carbons (Fsp3) is 0.300. The van der Waals surface area contributed by atoms with Gasteiger partial charge in [-0.2, -0.15) is 0 Å². The van der Waals surface area contributed by atoms with Crippen molar-refractivity contribution < 1.29 is 28.7 Å². The van der Waals surface area contributed by atoms with E-state index < -0.39 is 24.3 Å². The summed E-state index contributed by atoms with van der Waals surface area (Å²) >= 11 is 2.94. The number of thiazole rings is 2. The van der Waals surface area contributed by atoms with Gasteiger partial charge in [-0.15, -0.1) is 22.7 Å². The predicted molar refractivity (Wildman–Crippen MR) is 215 cm³/mol. The third-order valence-corrected chi connectivity index (χ3v) is 12.5. The van der Waals surface area contributed by atoms with Crippen molar-refractivity contribution in [1.82, 2.24) is 50.3 Å². The van der Waals surface area contributed by atoms with Crippen LogP contribution in [0.15, 0.2) is 85.5 Å². The van der Waals surface area contributed by atoms with Crippen LogP contribution in [0.1, 0.15) is 72.6 Å². The number of amides is 4. The Morgan fingerprint density at radius 2 is 1.05 bits per heavy atom. The normalized spacial score (nSPS) is 17.5. The van der Waals surface area contributed by atoms with Gasteiger partial charge in [0.05, 0.1) is 59.8 Å². The van der Waals surface area contributed by atoms with E-state index in [2.05, 4.69) is 40.5 Å². The fourth-order valence-corrected chi connectivity index (χ4v) is 9.23. The fourth-order valence-electron chi connectivity index (χ4n) is 7.44. The molecule has 6 heterocycles. The number of aromatic nitrogens is 6. The van der Waals surface area contributed by atoms with Crippen LogP contribution in [-0.2, 0) is 19.1 Å². The zero-order valence-electron chi connectivity index (χ0n) is 31.6. The number of alkyl carbamates (subject to hydrolysis) is 2. The highest BCUT2D eigenvalue weighted by atomic mass is 32.1. The number of aromatic amines is 2. The van der Waals surface area contributed by atoms with Gasteiger partial charge >= 0.3 is 12.2 Å². The van der Waals surface area contributed by atoms with Crippen LogP contribution in [0.3, 0.4) is 0 Å². The van der Waals surface area contributed by atoms with Crippen LogP contribution in [0.4, 0.5) is 9.59 Å². The average Bonchev–Trinajstić information content (AvgIpc) is 4.11. The molecular formula is C40H40N10O6S2. The maximum Gasteiger partial charge on any atom is 0.407 e. The van der Waals surface area contributed by atoms with Crippen LogP contribution in [0.5, 0.6) is 0 Å². The first-order chi connectivity index (χ1) is 28.3. The largest absolute Gasteiger partial charge is 0.453 e. The molecule has 2 aromatic carbocycles. The van der Waals surface area contributed by atoms with E-state index in [1.807, 2.05) is 36.4 Å². The van der Waals surface area contributed by atoms with Gasteiger partial charge in [-0.1, -0.05) is 60.7 Å². The number of nitrogens with one attached hydrogen (secondary N) is 4. The van der Waals surface area contributed by atoms with Gasteiger partial charge in [0, 0.05) is 25.5 Å². The Hall–Kier alpha value is -6.40. The maximum atomic E-state index is 13.9. The molecule has 2 aliphatic heterocycles. The molecule has 6 aromatic rings. The molecule has 0 radical (unpaired) electrons. The highest BCUT2D eigenvalue weighted by molar-refractivity contribution is 7.24. The molecule has 0 saturated carbocycles. The zero-order chi connectivity index (χ0) is 40.2. The number of H-pyrrole nitrogens is 2. The molecule has 4 atom stereocenters. The Kier molecular flexibility index (Phi) is 11.3. The Labute approximate surface area is 341 Å². The molecule has 4 N–H and O–H groups in total. The van der Waals surface area contributed by atoms with E-state index in [1.54, 1.807) is 58.9 Å². The Balaban J connectivity index is 0.952. The van der Waals surface area contributed by atoms with E-state index in [-0.39, 0.29) is 23.9 Å². The van der Waals surface area contributed by atoms with Crippen LogP contribution in [0.2, 0.25) is 0 Å². The van der Waals surface area contributed by atoms with Crippen molar-refractivity contribution >= 4 is 46.7 Å². The summed E-state index contributed by atoms with van der Waals surface area (Å²) in [6, 6.07) is 15.8. The van der Waals surface area contributed by atoms with Gasteiger partial charge in [0.15, 0.2) is 10.0 Å². The molecule has 2 fully saturated rings. The summed E-state index contributed by atoms with van der Waals surface area (Å²) in [5, 5.41) is 6.86. The number of imidazole rings is 2. The van der Waals surface area contributed by atoms with Crippen LogP contribution < -0.4 is 10.6 Å². The first kappa shape index (κ1) is 38.5. The average molecular weight is 821 g/mol. The van der Waals surface area contributed by atoms with E-state index in [1.165, 1.54) is 36.9 Å². The molecule has 16 nitrogen and oxygen atoms in total. The van der Waals surface area contributed by atoms with E-state index in [9.17, 15) is 19.2 Å². The summed E-state index contributed by atoms with van der Waals surface area (Å²) in [7, 11) is 2.54. The van der Waals surface area contributed by atoms with Gasteiger partial charge in [0.1, 0.15) is 23.7 Å². The Morgan fingerprint density at radius 3 is 1.45 bits per heavy atom. The quantitative estimate of drug-likeness (QED) is 0.111. The summed E-state index contributed by atoms with van der Waals surface area (Å²) in [6.45, 7) is 1.06. The topological polar surface area (TPSA) is 200 Å². The maximum absolute atomic E-state index is 13.9. The van der Waals surface area contributed by atoms with Crippen molar-refractivity contribution in [3.63, 3.8) is 0 Å². The molecule has 0 unspecified atom stereocenters. The monoisotopic (exact) mass is 820 g/mol. The van der Waals surface area contributed by atoms with Crippen LogP contribution >= 0.6 is 22.7 Å². The molecule has 4 aromatic heterocycles. The van der Waals surface area contributed by atoms with Crippen LogP contribution in [0, 0.1) is 0 Å². The SMILES string of the molecule is COC(=O)N[C@@H](C(=O)N1CCC[C@H]1c1ncc(-c2cnc(-c3ncc(-c4cnc([C@@H]5CCCN5C(=O)[C@H](NC(=O)OC)c5ccccc5)[nH]4)s3)s2)[nH]1)c1ccccc1. The second kappa shape index (κ2) is 17.0. The van der Waals surface area contributed by atoms with E-state index in [0.29, 0.717) is 35.9 Å². The van der Waals surface area contributed by atoms with E-state index >= 15 is 0 Å². The lowest BCUT2D eigenvalue weighted by Gasteiger charge is -2.28. The Bertz CT molecular complexity index is 2230. The number of hydrogen-bond donors (Lipinski definition) is 4. The molecule has 8 rings (SSSR count). The molecule has 0 spiro atoms. The molecule has 2 saturated heterocycles. The number of carbonyl (C=O) groups is 4.